The Morgan fingerprint density at radius 3 is 2.14 bits per heavy atom. The van der Waals surface area contributed by atoms with E-state index >= 15 is 0 Å². The highest BCUT2D eigenvalue weighted by molar-refractivity contribution is 6.02. The Morgan fingerprint density at radius 2 is 1.55 bits per heavy atom. The zero-order valence-electron chi connectivity index (χ0n) is 13.7. The third-order valence-electron chi connectivity index (χ3n) is 3.67. The van der Waals surface area contributed by atoms with E-state index in [2.05, 4.69) is 37.9 Å². The first-order chi connectivity index (χ1) is 10.6. The quantitative estimate of drug-likeness (QED) is 0.586. The van der Waals surface area contributed by atoms with Crippen molar-refractivity contribution in [2.75, 3.05) is 0 Å². The maximum atomic E-state index is 11.8. The van der Waals surface area contributed by atoms with Gasteiger partial charge in [0.05, 0.1) is 17.1 Å². The number of aryl methyl sites for hydroxylation is 2. The molecule has 0 amide bonds. The van der Waals surface area contributed by atoms with E-state index < -0.39 is 0 Å². The van der Waals surface area contributed by atoms with Gasteiger partial charge in [0, 0.05) is 6.42 Å². The Balaban J connectivity index is 2.48. The number of rotatable bonds is 5. The van der Waals surface area contributed by atoms with Crippen LogP contribution in [0.4, 0.5) is 5.69 Å². The molecule has 0 spiro atoms. The standard InChI is InChI=1S/C19H22N2O/c1-5-15(21-19-13(3)9-7-10-14(19)4)16-11-8-12-17(20-16)18(22)6-2/h7-12H,5-6H2,1-4H3/b21-15+. The summed E-state index contributed by atoms with van der Waals surface area (Å²) in [4.78, 5) is 21.1. The number of benzene rings is 1. The summed E-state index contributed by atoms with van der Waals surface area (Å²) in [5, 5.41) is 0. The van der Waals surface area contributed by atoms with Gasteiger partial charge in [-0.1, -0.05) is 38.1 Å². The van der Waals surface area contributed by atoms with Crippen molar-refractivity contribution in [2.45, 2.75) is 40.5 Å². The number of Topliss-reactive ketones (excluding diaryl/α,β-unsaturated/α-hetero) is 1. The lowest BCUT2D eigenvalue weighted by Crippen LogP contribution is -2.07. The smallest absolute Gasteiger partial charge is 0.180 e. The second-order valence-corrected chi connectivity index (χ2v) is 5.34. The first-order valence-electron chi connectivity index (χ1n) is 7.71. The van der Waals surface area contributed by atoms with Crippen molar-refractivity contribution in [1.82, 2.24) is 4.98 Å². The lowest BCUT2D eigenvalue weighted by Gasteiger charge is -2.09. The number of aromatic nitrogens is 1. The molecule has 0 aliphatic carbocycles. The highest BCUT2D eigenvalue weighted by atomic mass is 16.1. The molecule has 114 valence electrons. The molecule has 0 radical (unpaired) electrons. The van der Waals surface area contributed by atoms with Crippen LogP contribution < -0.4 is 0 Å². The molecule has 0 saturated heterocycles. The van der Waals surface area contributed by atoms with E-state index in [0.717, 1.165) is 34.6 Å². The molecule has 1 aromatic carbocycles. The number of aliphatic imine (C=N–C) groups is 1. The van der Waals surface area contributed by atoms with Crippen LogP contribution in [0.25, 0.3) is 0 Å². The van der Waals surface area contributed by atoms with E-state index in [1.54, 1.807) is 6.07 Å². The van der Waals surface area contributed by atoms with Crippen LogP contribution in [0.5, 0.6) is 0 Å². The molecule has 3 nitrogen and oxygen atoms in total. The number of carbonyl (C=O) groups is 1. The number of para-hydroxylation sites is 1. The minimum atomic E-state index is 0.0596. The summed E-state index contributed by atoms with van der Waals surface area (Å²) < 4.78 is 0. The predicted octanol–water partition coefficient (Wildman–Crippen LogP) is 4.82. The molecule has 0 N–H and O–H groups in total. The van der Waals surface area contributed by atoms with Crippen LogP contribution in [-0.4, -0.2) is 16.5 Å². The first-order valence-corrected chi connectivity index (χ1v) is 7.71. The van der Waals surface area contributed by atoms with Crippen LogP contribution in [0.2, 0.25) is 0 Å². The fraction of sp³-hybridized carbons (Fsp3) is 0.316. The summed E-state index contributed by atoms with van der Waals surface area (Å²) in [6.45, 7) is 8.03. The molecule has 0 aliphatic heterocycles. The van der Waals surface area contributed by atoms with Crippen molar-refractivity contribution in [3.05, 3.63) is 58.9 Å². The van der Waals surface area contributed by atoms with Crippen LogP contribution in [0.15, 0.2) is 41.4 Å². The number of hydrogen-bond donors (Lipinski definition) is 0. The van der Waals surface area contributed by atoms with Crippen molar-refractivity contribution in [2.24, 2.45) is 4.99 Å². The van der Waals surface area contributed by atoms with Crippen molar-refractivity contribution >= 4 is 17.2 Å². The van der Waals surface area contributed by atoms with E-state index in [4.69, 9.17) is 4.99 Å². The lowest BCUT2D eigenvalue weighted by molar-refractivity contribution is 0.0983. The number of pyridine rings is 1. The molecule has 0 atom stereocenters. The van der Waals surface area contributed by atoms with Gasteiger partial charge in [0.1, 0.15) is 5.69 Å². The summed E-state index contributed by atoms with van der Waals surface area (Å²) in [5.41, 5.74) is 5.49. The van der Waals surface area contributed by atoms with Gasteiger partial charge in [-0.3, -0.25) is 9.79 Å². The molecular formula is C19H22N2O. The van der Waals surface area contributed by atoms with Crippen LogP contribution in [0.1, 0.15) is 54.0 Å². The fourth-order valence-corrected chi connectivity index (χ4v) is 2.37. The zero-order valence-corrected chi connectivity index (χ0v) is 13.7. The van der Waals surface area contributed by atoms with E-state index in [1.807, 2.05) is 25.1 Å². The first kappa shape index (κ1) is 16.1. The Kier molecular flexibility index (Phi) is 5.21. The predicted molar refractivity (Wildman–Crippen MR) is 91.3 cm³/mol. The van der Waals surface area contributed by atoms with Gasteiger partial charge in [-0.25, -0.2) is 4.98 Å². The number of nitrogens with zero attached hydrogens (tertiary/aromatic N) is 2. The SMILES string of the molecule is CCC(=O)c1cccc(/C(CC)=N/c2c(C)cccc2C)n1. The molecule has 0 aliphatic rings. The van der Waals surface area contributed by atoms with Gasteiger partial charge in [-0.2, -0.15) is 0 Å². The van der Waals surface area contributed by atoms with Crippen molar-refractivity contribution in [1.29, 1.82) is 0 Å². The van der Waals surface area contributed by atoms with E-state index in [0.29, 0.717) is 12.1 Å². The van der Waals surface area contributed by atoms with Gasteiger partial charge in [-0.15, -0.1) is 0 Å². The molecular weight excluding hydrogens is 272 g/mol. The van der Waals surface area contributed by atoms with Crippen LogP contribution >= 0.6 is 0 Å². The second kappa shape index (κ2) is 7.12. The highest BCUT2D eigenvalue weighted by Gasteiger charge is 2.10. The van der Waals surface area contributed by atoms with E-state index in [-0.39, 0.29) is 5.78 Å². The summed E-state index contributed by atoms with van der Waals surface area (Å²) in [6.07, 6.45) is 1.23. The van der Waals surface area contributed by atoms with Crippen molar-refractivity contribution < 1.29 is 4.79 Å². The lowest BCUT2D eigenvalue weighted by atomic mass is 10.1. The normalized spacial score (nSPS) is 11.5. The number of hydrogen-bond acceptors (Lipinski definition) is 3. The zero-order chi connectivity index (χ0) is 16.1. The van der Waals surface area contributed by atoms with Crippen molar-refractivity contribution in [3.63, 3.8) is 0 Å². The minimum absolute atomic E-state index is 0.0596. The Bertz CT molecular complexity index is 697. The minimum Gasteiger partial charge on any atom is -0.292 e. The molecule has 2 rings (SSSR count). The third-order valence-corrected chi connectivity index (χ3v) is 3.67. The van der Waals surface area contributed by atoms with Crippen LogP contribution in [0.3, 0.4) is 0 Å². The average Bonchev–Trinajstić information content (AvgIpc) is 2.54. The maximum absolute atomic E-state index is 11.8. The van der Waals surface area contributed by atoms with E-state index in [1.165, 1.54) is 0 Å². The summed E-state index contributed by atoms with van der Waals surface area (Å²) in [6, 6.07) is 11.7. The molecule has 0 unspecified atom stereocenters. The monoisotopic (exact) mass is 294 g/mol. The highest BCUT2D eigenvalue weighted by Crippen LogP contribution is 2.24. The summed E-state index contributed by atoms with van der Waals surface area (Å²) in [7, 11) is 0. The molecule has 2 aromatic rings. The Hall–Kier alpha value is -2.29. The molecule has 0 bridgehead atoms. The van der Waals surface area contributed by atoms with Gasteiger partial charge in [0.2, 0.25) is 0 Å². The molecule has 22 heavy (non-hydrogen) atoms. The van der Waals surface area contributed by atoms with Gasteiger partial charge in [-0.05, 0) is 43.5 Å². The van der Waals surface area contributed by atoms with Gasteiger partial charge < -0.3 is 0 Å². The molecule has 0 fully saturated rings. The Morgan fingerprint density at radius 1 is 0.955 bits per heavy atom. The number of carbonyl (C=O) groups excluding carboxylic acids is 1. The topological polar surface area (TPSA) is 42.3 Å². The van der Waals surface area contributed by atoms with Crippen LogP contribution in [-0.2, 0) is 0 Å². The van der Waals surface area contributed by atoms with Crippen molar-refractivity contribution in [3.8, 4) is 0 Å². The molecule has 0 saturated carbocycles. The van der Waals surface area contributed by atoms with Crippen LogP contribution in [0, 0.1) is 13.8 Å². The van der Waals surface area contributed by atoms with Gasteiger partial charge in [0.15, 0.2) is 5.78 Å². The fourth-order valence-electron chi connectivity index (χ4n) is 2.37. The maximum Gasteiger partial charge on any atom is 0.180 e. The average molecular weight is 294 g/mol. The second-order valence-electron chi connectivity index (χ2n) is 5.34. The van der Waals surface area contributed by atoms with Gasteiger partial charge in [0.25, 0.3) is 0 Å². The number of ketones is 1. The summed E-state index contributed by atoms with van der Waals surface area (Å²) >= 11 is 0. The van der Waals surface area contributed by atoms with Gasteiger partial charge >= 0.3 is 0 Å². The largest absolute Gasteiger partial charge is 0.292 e. The molecule has 1 aromatic heterocycles. The third kappa shape index (κ3) is 3.48. The molecule has 3 heteroatoms. The summed E-state index contributed by atoms with van der Waals surface area (Å²) in [5.74, 6) is 0.0596. The van der Waals surface area contributed by atoms with E-state index in [9.17, 15) is 4.79 Å². The molecule has 1 heterocycles. The Labute approximate surface area is 132 Å².